The second-order valence-electron chi connectivity index (χ2n) is 9.10. The van der Waals surface area contributed by atoms with Crippen LogP contribution in [0.2, 0.25) is 0 Å². The maximum Gasteiger partial charge on any atom is 0.266 e. The number of amides is 1. The Balaban J connectivity index is 1.47. The molecule has 0 radical (unpaired) electrons. The van der Waals surface area contributed by atoms with Crippen LogP contribution in [0.4, 0.5) is 0 Å². The number of aryl methyl sites for hydroxylation is 1. The van der Waals surface area contributed by atoms with Crippen molar-refractivity contribution in [1.29, 1.82) is 0 Å². The molecule has 0 aliphatic rings. The zero-order valence-corrected chi connectivity index (χ0v) is 20.7. The van der Waals surface area contributed by atoms with Crippen LogP contribution >= 0.6 is 0 Å². The topological polar surface area (TPSA) is 142 Å². The molecule has 5 rings (SSSR count). The SMILES string of the molecule is CN(Cc1ccn(C)n1)C(=O)c1cc(-c2ncco2)nc(-c2nnc(C(C)(N)Cc3ccccc3)o2)c1. The molecule has 0 spiro atoms. The quantitative estimate of drug-likeness (QED) is 0.341. The Morgan fingerprint density at radius 1 is 1.11 bits per heavy atom. The zero-order valence-electron chi connectivity index (χ0n) is 20.7. The van der Waals surface area contributed by atoms with E-state index < -0.39 is 5.54 Å². The fourth-order valence-electron chi connectivity index (χ4n) is 3.96. The Kier molecular flexibility index (Phi) is 6.36. The predicted molar refractivity (Wildman–Crippen MR) is 134 cm³/mol. The molecular weight excluding hydrogens is 472 g/mol. The molecule has 0 saturated heterocycles. The number of nitrogens with zero attached hydrogens (tertiary/aromatic N) is 7. The maximum atomic E-state index is 13.4. The van der Waals surface area contributed by atoms with Crippen LogP contribution in [0.3, 0.4) is 0 Å². The summed E-state index contributed by atoms with van der Waals surface area (Å²) in [5.41, 5.74) is 8.47. The van der Waals surface area contributed by atoms with Gasteiger partial charge in [0.15, 0.2) is 0 Å². The van der Waals surface area contributed by atoms with Crippen LogP contribution in [-0.4, -0.2) is 47.8 Å². The lowest BCUT2D eigenvalue weighted by Gasteiger charge is -2.20. The van der Waals surface area contributed by atoms with Gasteiger partial charge in [0.2, 0.25) is 11.8 Å². The molecule has 0 aliphatic heterocycles. The van der Waals surface area contributed by atoms with Gasteiger partial charge in [-0.1, -0.05) is 30.3 Å². The van der Waals surface area contributed by atoms with Crippen molar-refractivity contribution >= 4 is 5.91 Å². The van der Waals surface area contributed by atoms with Crippen molar-refractivity contribution in [2.45, 2.75) is 25.4 Å². The van der Waals surface area contributed by atoms with E-state index in [0.29, 0.717) is 29.9 Å². The first-order valence-electron chi connectivity index (χ1n) is 11.6. The second-order valence-corrected chi connectivity index (χ2v) is 9.10. The van der Waals surface area contributed by atoms with Crippen LogP contribution < -0.4 is 5.73 Å². The first kappa shape index (κ1) is 24.1. The van der Waals surface area contributed by atoms with Crippen LogP contribution in [-0.2, 0) is 25.6 Å². The molecule has 1 unspecified atom stereocenters. The highest BCUT2D eigenvalue weighted by molar-refractivity contribution is 5.95. The molecule has 188 valence electrons. The van der Waals surface area contributed by atoms with E-state index in [1.54, 1.807) is 28.8 Å². The second kappa shape index (κ2) is 9.78. The van der Waals surface area contributed by atoms with Gasteiger partial charge in [0, 0.05) is 25.9 Å². The number of hydrogen-bond acceptors (Lipinski definition) is 9. The molecule has 1 amide bonds. The van der Waals surface area contributed by atoms with Crippen molar-refractivity contribution in [2.24, 2.45) is 12.8 Å². The minimum Gasteiger partial charge on any atom is -0.443 e. The monoisotopic (exact) mass is 498 g/mol. The number of oxazole rings is 1. The van der Waals surface area contributed by atoms with E-state index in [9.17, 15) is 4.79 Å². The molecule has 11 nitrogen and oxygen atoms in total. The molecule has 4 heterocycles. The van der Waals surface area contributed by atoms with Crippen molar-refractivity contribution in [1.82, 2.24) is 34.8 Å². The van der Waals surface area contributed by atoms with Crippen LogP contribution in [0, 0.1) is 0 Å². The molecule has 2 N–H and O–H groups in total. The number of carbonyl (C=O) groups excluding carboxylic acids is 1. The number of benzene rings is 1. The molecule has 11 heteroatoms. The normalized spacial score (nSPS) is 12.9. The first-order valence-corrected chi connectivity index (χ1v) is 11.6. The molecule has 0 aliphatic carbocycles. The standard InChI is InChI=1S/C26H26N8O3/c1-26(27,15-17-7-5-4-6-8-17)25-31-30-23(37-25)21-14-18(13-20(29-21)22-28-10-12-36-22)24(35)33(2)16-19-9-11-34(3)32-19/h4-14H,15-16,27H2,1-3H3. The van der Waals surface area contributed by atoms with Gasteiger partial charge < -0.3 is 19.5 Å². The van der Waals surface area contributed by atoms with Crippen LogP contribution in [0.15, 0.2) is 76.0 Å². The van der Waals surface area contributed by atoms with Crippen molar-refractivity contribution in [3.8, 4) is 23.2 Å². The zero-order chi connectivity index (χ0) is 26.0. The van der Waals surface area contributed by atoms with Gasteiger partial charge in [-0.25, -0.2) is 9.97 Å². The summed E-state index contributed by atoms with van der Waals surface area (Å²) in [6.45, 7) is 2.16. The number of aromatic nitrogens is 6. The van der Waals surface area contributed by atoms with Crippen molar-refractivity contribution in [2.75, 3.05) is 7.05 Å². The Morgan fingerprint density at radius 3 is 2.54 bits per heavy atom. The van der Waals surface area contributed by atoms with Gasteiger partial charge in [0.05, 0.1) is 24.0 Å². The molecule has 0 fully saturated rings. The lowest BCUT2D eigenvalue weighted by molar-refractivity contribution is 0.0783. The summed E-state index contributed by atoms with van der Waals surface area (Å²) in [7, 11) is 3.53. The third-order valence-electron chi connectivity index (χ3n) is 5.79. The number of rotatable bonds is 8. The molecule has 1 aromatic carbocycles. The van der Waals surface area contributed by atoms with Gasteiger partial charge in [-0.15, -0.1) is 10.2 Å². The fraction of sp³-hybridized carbons (Fsp3) is 0.231. The lowest BCUT2D eigenvalue weighted by Crippen LogP contribution is -2.35. The molecule has 37 heavy (non-hydrogen) atoms. The van der Waals surface area contributed by atoms with Crippen LogP contribution in [0.1, 0.15) is 34.4 Å². The van der Waals surface area contributed by atoms with E-state index in [1.807, 2.05) is 56.6 Å². The average Bonchev–Trinajstić information content (AvgIpc) is 3.66. The van der Waals surface area contributed by atoms with Gasteiger partial charge >= 0.3 is 0 Å². The summed E-state index contributed by atoms with van der Waals surface area (Å²) in [6.07, 6.45) is 5.27. The van der Waals surface area contributed by atoms with Crippen LogP contribution in [0.25, 0.3) is 23.2 Å². The minimum atomic E-state index is -0.908. The van der Waals surface area contributed by atoms with Gasteiger partial charge in [-0.3, -0.25) is 9.48 Å². The van der Waals surface area contributed by atoms with E-state index in [0.717, 1.165) is 11.3 Å². The van der Waals surface area contributed by atoms with E-state index >= 15 is 0 Å². The minimum absolute atomic E-state index is 0.134. The maximum absolute atomic E-state index is 13.4. The predicted octanol–water partition coefficient (Wildman–Crippen LogP) is 3.21. The third-order valence-corrected chi connectivity index (χ3v) is 5.79. The van der Waals surface area contributed by atoms with E-state index in [1.165, 1.54) is 12.5 Å². The third kappa shape index (κ3) is 5.31. The first-order chi connectivity index (χ1) is 17.8. The van der Waals surface area contributed by atoms with Gasteiger partial charge in [-0.05, 0) is 37.1 Å². The highest BCUT2D eigenvalue weighted by atomic mass is 16.4. The highest BCUT2D eigenvalue weighted by Gasteiger charge is 2.29. The van der Waals surface area contributed by atoms with Crippen molar-refractivity contribution < 1.29 is 13.6 Å². The van der Waals surface area contributed by atoms with E-state index in [-0.39, 0.29) is 23.6 Å². The fourth-order valence-corrected chi connectivity index (χ4v) is 3.96. The highest BCUT2D eigenvalue weighted by Crippen LogP contribution is 2.28. The molecule has 0 bridgehead atoms. The summed E-state index contributed by atoms with van der Waals surface area (Å²) < 4.78 is 13.1. The van der Waals surface area contributed by atoms with Gasteiger partial charge in [0.1, 0.15) is 17.7 Å². The van der Waals surface area contributed by atoms with Gasteiger partial charge in [0.25, 0.3) is 11.8 Å². The average molecular weight is 499 g/mol. The molecular formula is C26H26N8O3. The number of nitrogens with two attached hydrogens (primary N) is 1. The van der Waals surface area contributed by atoms with Crippen molar-refractivity contribution in [3.05, 3.63) is 89.9 Å². The van der Waals surface area contributed by atoms with Crippen molar-refractivity contribution in [3.63, 3.8) is 0 Å². The van der Waals surface area contributed by atoms with Gasteiger partial charge in [-0.2, -0.15) is 5.10 Å². The molecule has 1 atom stereocenters. The Labute approximate surface area is 213 Å². The smallest absolute Gasteiger partial charge is 0.266 e. The summed E-state index contributed by atoms with van der Waals surface area (Å²) in [6, 6.07) is 14.9. The Morgan fingerprint density at radius 2 is 1.86 bits per heavy atom. The van der Waals surface area contributed by atoms with E-state index in [4.69, 9.17) is 14.6 Å². The van der Waals surface area contributed by atoms with Crippen LogP contribution in [0.5, 0.6) is 0 Å². The summed E-state index contributed by atoms with van der Waals surface area (Å²) in [5.74, 6) is 0.412. The molecule has 5 aromatic rings. The Bertz CT molecular complexity index is 1510. The number of pyridine rings is 1. The molecule has 0 saturated carbocycles. The summed E-state index contributed by atoms with van der Waals surface area (Å²) in [5, 5.41) is 12.7. The lowest BCUT2D eigenvalue weighted by atomic mass is 9.94. The number of hydrogen-bond donors (Lipinski definition) is 1. The largest absolute Gasteiger partial charge is 0.443 e. The molecule has 4 aromatic heterocycles. The summed E-state index contributed by atoms with van der Waals surface area (Å²) in [4.78, 5) is 23.7. The van der Waals surface area contributed by atoms with E-state index in [2.05, 4.69) is 25.3 Å². The summed E-state index contributed by atoms with van der Waals surface area (Å²) >= 11 is 0. The Hall–Kier alpha value is -4.64. The number of carbonyl (C=O) groups is 1.